The molecule has 1 heterocycles. The number of hydrogen-bond donors (Lipinski definition) is 3. The molecule has 0 spiro atoms. The minimum absolute atomic E-state index is 0.0477. The molecule has 32 heavy (non-hydrogen) atoms. The summed E-state index contributed by atoms with van der Waals surface area (Å²) >= 11 is 0. The van der Waals surface area contributed by atoms with Gasteiger partial charge in [0, 0.05) is 33.1 Å². The van der Waals surface area contributed by atoms with Gasteiger partial charge in [0.2, 0.25) is 5.91 Å². The molecule has 2 aromatic rings. The lowest BCUT2D eigenvalue weighted by Gasteiger charge is -2.42. The molecule has 3 N–H and O–H groups in total. The fourth-order valence-corrected chi connectivity index (χ4v) is 3.64. The van der Waals surface area contributed by atoms with Crippen LogP contribution in [0.15, 0.2) is 48.5 Å². The zero-order chi connectivity index (χ0) is 23.0. The number of aliphatic hydroxyl groups is 2. The fraction of sp³-hybridized carbons (Fsp3) is 0.458. The van der Waals surface area contributed by atoms with Crippen LogP contribution < -0.4 is 14.8 Å². The molecule has 0 radical (unpaired) electrons. The van der Waals surface area contributed by atoms with Gasteiger partial charge in [-0.2, -0.15) is 0 Å². The number of nitrogens with one attached hydrogen (secondary N) is 1. The summed E-state index contributed by atoms with van der Waals surface area (Å²) in [6, 6.07) is 13.3. The van der Waals surface area contributed by atoms with E-state index in [1.165, 1.54) is 31.2 Å². The van der Waals surface area contributed by atoms with Crippen molar-refractivity contribution >= 4 is 5.91 Å². The van der Waals surface area contributed by atoms with E-state index in [2.05, 4.69) is 10.2 Å². The van der Waals surface area contributed by atoms with Crippen LogP contribution in [0.1, 0.15) is 25.3 Å². The van der Waals surface area contributed by atoms with Gasteiger partial charge in [-0.1, -0.05) is 12.1 Å². The summed E-state index contributed by atoms with van der Waals surface area (Å²) < 4.78 is 24.3. The molecule has 0 bridgehead atoms. The van der Waals surface area contributed by atoms with Crippen molar-refractivity contribution in [3.63, 3.8) is 0 Å². The average Bonchev–Trinajstić information content (AvgIpc) is 2.77. The number of aliphatic hydroxyl groups excluding tert-OH is 1. The summed E-state index contributed by atoms with van der Waals surface area (Å²) in [7, 11) is 0. The van der Waals surface area contributed by atoms with Crippen molar-refractivity contribution in [2.45, 2.75) is 38.0 Å². The molecule has 3 rings (SSSR count). The lowest BCUT2D eigenvalue weighted by Crippen LogP contribution is -2.59. The number of amides is 1. The molecule has 8 heteroatoms. The Morgan fingerprint density at radius 1 is 1.16 bits per heavy atom. The van der Waals surface area contributed by atoms with Crippen molar-refractivity contribution in [2.24, 2.45) is 0 Å². The molecular weight excluding hydrogens is 415 g/mol. The second-order valence-corrected chi connectivity index (χ2v) is 8.19. The van der Waals surface area contributed by atoms with E-state index in [0.717, 1.165) is 17.7 Å². The van der Waals surface area contributed by atoms with Crippen molar-refractivity contribution < 1.29 is 28.9 Å². The summed E-state index contributed by atoms with van der Waals surface area (Å²) in [6.45, 7) is 4.04. The van der Waals surface area contributed by atoms with E-state index in [4.69, 9.17) is 9.47 Å². The molecule has 7 nitrogen and oxygen atoms in total. The van der Waals surface area contributed by atoms with Crippen LogP contribution in [-0.2, 0) is 11.3 Å². The highest BCUT2D eigenvalue weighted by Gasteiger charge is 2.42. The van der Waals surface area contributed by atoms with Crippen LogP contribution in [0, 0.1) is 5.82 Å². The van der Waals surface area contributed by atoms with E-state index in [1.54, 1.807) is 0 Å². The van der Waals surface area contributed by atoms with Gasteiger partial charge in [0.05, 0.1) is 12.7 Å². The van der Waals surface area contributed by atoms with E-state index in [0.29, 0.717) is 38.4 Å². The molecule has 1 saturated heterocycles. The van der Waals surface area contributed by atoms with Crippen molar-refractivity contribution in [1.29, 1.82) is 0 Å². The molecule has 1 aliphatic heterocycles. The zero-order valence-corrected chi connectivity index (χ0v) is 18.3. The van der Waals surface area contributed by atoms with E-state index in [1.807, 2.05) is 24.3 Å². The average molecular weight is 447 g/mol. The molecule has 0 aromatic heterocycles. The second kappa shape index (κ2) is 11.3. The van der Waals surface area contributed by atoms with Gasteiger partial charge < -0.3 is 25.0 Å². The first-order valence-electron chi connectivity index (χ1n) is 10.8. The van der Waals surface area contributed by atoms with Gasteiger partial charge in [0.1, 0.15) is 29.5 Å². The highest BCUT2D eigenvalue weighted by Crippen LogP contribution is 2.25. The topological polar surface area (TPSA) is 91.3 Å². The monoisotopic (exact) mass is 446 g/mol. The van der Waals surface area contributed by atoms with Crippen molar-refractivity contribution in [2.75, 3.05) is 32.8 Å². The van der Waals surface area contributed by atoms with Gasteiger partial charge in [0.25, 0.3) is 0 Å². The Balaban J connectivity index is 1.48. The Morgan fingerprint density at radius 3 is 2.50 bits per heavy atom. The Bertz CT molecular complexity index is 862. The van der Waals surface area contributed by atoms with Crippen LogP contribution in [0.2, 0.25) is 0 Å². The van der Waals surface area contributed by atoms with Gasteiger partial charge in [0.15, 0.2) is 0 Å². The van der Waals surface area contributed by atoms with Crippen LogP contribution in [0.25, 0.3) is 0 Å². The van der Waals surface area contributed by atoms with Gasteiger partial charge >= 0.3 is 0 Å². The Hall–Kier alpha value is -2.68. The van der Waals surface area contributed by atoms with Gasteiger partial charge in [-0.15, -0.1) is 0 Å². The predicted molar refractivity (Wildman–Crippen MR) is 118 cm³/mol. The number of ether oxygens (including phenoxy) is 2. The molecule has 1 aliphatic rings. The fourth-order valence-electron chi connectivity index (χ4n) is 3.64. The maximum absolute atomic E-state index is 13.0. The lowest BCUT2D eigenvalue weighted by molar-refractivity contribution is -0.140. The molecule has 1 amide bonds. The van der Waals surface area contributed by atoms with Crippen LogP contribution in [0.3, 0.4) is 0 Å². The lowest BCUT2D eigenvalue weighted by atomic mass is 9.90. The summed E-state index contributed by atoms with van der Waals surface area (Å²) in [5.74, 6) is 0.793. The van der Waals surface area contributed by atoms with Crippen LogP contribution in [-0.4, -0.2) is 65.6 Å². The highest BCUT2D eigenvalue weighted by atomic mass is 19.1. The highest BCUT2D eigenvalue weighted by molar-refractivity contribution is 5.72. The van der Waals surface area contributed by atoms with E-state index < -0.39 is 11.7 Å². The third-order valence-corrected chi connectivity index (χ3v) is 5.43. The number of carbonyl (C=O) groups excluding carboxylic acids is 1. The molecule has 0 aliphatic carbocycles. The normalized spacial score (nSPS) is 21.2. The number of β-amino-alcohol motifs (C(OH)–C–C–N with tert-alkyl or cyclic N) is 1. The number of likely N-dealkylation sites (tertiary alicyclic amines) is 1. The first-order chi connectivity index (χ1) is 15.3. The maximum atomic E-state index is 13.0. The van der Waals surface area contributed by atoms with Gasteiger partial charge in [-0.3, -0.25) is 9.69 Å². The first kappa shape index (κ1) is 24.0. The zero-order valence-electron chi connectivity index (χ0n) is 18.3. The molecule has 2 aromatic carbocycles. The largest absolute Gasteiger partial charge is 0.494 e. The van der Waals surface area contributed by atoms with Crippen molar-refractivity contribution in [3.05, 3.63) is 59.9 Å². The summed E-state index contributed by atoms with van der Waals surface area (Å²) in [5, 5.41) is 24.1. The number of rotatable bonds is 10. The molecular formula is C24H31FN2O5. The minimum Gasteiger partial charge on any atom is -0.494 e. The van der Waals surface area contributed by atoms with Crippen LogP contribution >= 0.6 is 0 Å². The van der Waals surface area contributed by atoms with Gasteiger partial charge in [-0.05, 0) is 54.8 Å². The Morgan fingerprint density at radius 2 is 1.81 bits per heavy atom. The molecule has 1 fully saturated rings. The maximum Gasteiger partial charge on any atom is 0.216 e. The van der Waals surface area contributed by atoms with E-state index in [9.17, 15) is 19.4 Å². The molecule has 174 valence electrons. The van der Waals surface area contributed by atoms with Crippen LogP contribution in [0.5, 0.6) is 11.5 Å². The number of piperidine rings is 1. The number of carbonyl (C=O) groups is 1. The number of nitrogens with zero attached hydrogens (tertiary/aromatic N) is 1. The predicted octanol–water partition coefficient (Wildman–Crippen LogP) is 2.11. The first-order valence-corrected chi connectivity index (χ1v) is 10.8. The Kier molecular flexibility index (Phi) is 8.44. The molecule has 0 saturated carbocycles. The quantitative estimate of drug-likeness (QED) is 0.485. The standard InChI is InChI=1S/C24H31FN2O5/c1-18(28)26-12-2-14-31-21-7-3-19(4-8-21)15-27-13-11-23(29)24(30,16-27)17-32-22-9-5-20(25)6-10-22/h3-10,23,29-30H,2,11-17H2,1H3,(H,26,28)/t23-,24-/m0/s1. The second-order valence-electron chi connectivity index (χ2n) is 8.19. The number of hydrogen-bond acceptors (Lipinski definition) is 6. The summed E-state index contributed by atoms with van der Waals surface area (Å²) in [4.78, 5) is 12.9. The third kappa shape index (κ3) is 7.19. The number of halogens is 1. The van der Waals surface area contributed by atoms with Crippen molar-refractivity contribution in [3.8, 4) is 11.5 Å². The smallest absolute Gasteiger partial charge is 0.216 e. The number of benzene rings is 2. The third-order valence-electron chi connectivity index (χ3n) is 5.43. The molecule has 0 unspecified atom stereocenters. The van der Waals surface area contributed by atoms with Crippen LogP contribution in [0.4, 0.5) is 4.39 Å². The molecule has 2 atom stereocenters. The van der Waals surface area contributed by atoms with Crippen molar-refractivity contribution in [1.82, 2.24) is 10.2 Å². The minimum atomic E-state index is -1.41. The van der Waals surface area contributed by atoms with E-state index in [-0.39, 0.29) is 24.9 Å². The Labute approximate surface area is 187 Å². The SMILES string of the molecule is CC(=O)NCCCOc1ccc(CN2CC[C@H](O)[C@@](O)(COc3ccc(F)cc3)C2)cc1. The summed E-state index contributed by atoms with van der Waals surface area (Å²) in [5.41, 5.74) is -0.349. The van der Waals surface area contributed by atoms with Gasteiger partial charge in [-0.25, -0.2) is 4.39 Å². The van der Waals surface area contributed by atoms with E-state index >= 15 is 0 Å². The summed E-state index contributed by atoms with van der Waals surface area (Å²) in [6.07, 6.45) is 0.266.